The smallest absolute Gasteiger partial charge is 0.331 e. The van der Waals surface area contributed by atoms with E-state index in [9.17, 15) is 14.7 Å². The number of nitrogens with one attached hydrogen (secondary N) is 1. The summed E-state index contributed by atoms with van der Waals surface area (Å²) in [5, 5.41) is 13.6. The highest BCUT2D eigenvalue weighted by Crippen LogP contribution is 2.36. The summed E-state index contributed by atoms with van der Waals surface area (Å²) in [6, 6.07) is 27.9. The summed E-state index contributed by atoms with van der Waals surface area (Å²) in [6.07, 6.45) is 10.5. The maximum atomic E-state index is 13.5. The fourth-order valence-corrected chi connectivity index (χ4v) is 6.96. The number of carbonyl (C=O) groups excluding carboxylic acids is 1. The van der Waals surface area contributed by atoms with E-state index in [2.05, 4.69) is 17.4 Å². The van der Waals surface area contributed by atoms with E-state index in [0.717, 1.165) is 56.4 Å². The van der Waals surface area contributed by atoms with Gasteiger partial charge in [-0.05, 0) is 85.6 Å². The molecule has 6 nitrogen and oxygen atoms in total. The van der Waals surface area contributed by atoms with Gasteiger partial charge in [-0.25, -0.2) is 9.78 Å². The molecule has 1 saturated carbocycles. The first-order valence-electron chi connectivity index (χ1n) is 16.0. The first-order valence-corrected chi connectivity index (χ1v) is 16.9. The number of thiazole rings is 1. The van der Waals surface area contributed by atoms with E-state index < -0.39 is 5.97 Å². The summed E-state index contributed by atoms with van der Waals surface area (Å²) < 4.78 is 6.01. The first-order chi connectivity index (χ1) is 22.3. The topological polar surface area (TPSA) is 88.5 Å². The van der Waals surface area contributed by atoms with Crippen LogP contribution < -0.4 is 10.1 Å². The number of hydrogen-bond acceptors (Lipinski definition) is 5. The monoisotopic (exact) mass is 634 g/mol. The number of rotatable bonds is 13. The Morgan fingerprint density at radius 1 is 0.935 bits per heavy atom. The highest BCUT2D eigenvalue weighted by Gasteiger charge is 2.24. The zero-order valence-electron chi connectivity index (χ0n) is 26.6. The zero-order chi connectivity index (χ0) is 32.3. The van der Waals surface area contributed by atoms with Gasteiger partial charge in [0.05, 0.1) is 16.6 Å². The summed E-state index contributed by atoms with van der Waals surface area (Å²) in [5.41, 5.74) is 5.01. The van der Waals surface area contributed by atoms with Gasteiger partial charge < -0.3 is 15.2 Å². The van der Waals surface area contributed by atoms with Crippen molar-refractivity contribution in [2.75, 3.05) is 0 Å². The molecule has 1 aliphatic carbocycles. The molecule has 1 fully saturated rings. The molecule has 0 radical (unpaired) electrons. The van der Waals surface area contributed by atoms with Crippen LogP contribution in [0.3, 0.4) is 0 Å². The lowest BCUT2D eigenvalue weighted by Gasteiger charge is -2.23. The van der Waals surface area contributed by atoms with Gasteiger partial charge in [0.25, 0.3) is 0 Å². The normalized spacial score (nSPS) is 14.9. The molecular formula is C39H42N2O4S. The molecule has 1 aromatic heterocycles. The summed E-state index contributed by atoms with van der Waals surface area (Å²) >= 11 is 1.57. The van der Waals surface area contributed by atoms with Gasteiger partial charge in [-0.3, -0.25) is 4.79 Å². The third-order valence-electron chi connectivity index (χ3n) is 8.30. The predicted molar refractivity (Wildman–Crippen MR) is 186 cm³/mol. The van der Waals surface area contributed by atoms with E-state index in [1.54, 1.807) is 24.3 Å². The van der Waals surface area contributed by atoms with Crippen LogP contribution in [-0.4, -0.2) is 22.0 Å². The van der Waals surface area contributed by atoms with Crippen LogP contribution in [0.15, 0.2) is 102 Å². The second-order valence-electron chi connectivity index (χ2n) is 12.1. The van der Waals surface area contributed by atoms with Crippen LogP contribution in [0.5, 0.6) is 5.75 Å². The minimum Gasteiger partial charge on any atom is -0.489 e. The van der Waals surface area contributed by atoms with Crippen molar-refractivity contribution in [3.05, 3.63) is 124 Å². The molecule has 5 rings (SSSR count). The number of carboxylic acid groups (broad SMARTS) is 1. The molecule has 0 saturated heterocycles. The number of aliphatic carboxylic acids is 1. The second-order valence-corrected chi connectivity index (χ2v) is 13.1. The third kappa shape index (κ3) is 9.51. The van der Waals surface area contributed by atoms with Crippen LogP contribution in [0.25, 0.3) is 16.5 Å². The number of allylic oxidation sites excluding steroid dienone is 2. The van der Waals surface area contributed by atoms with Crippen LogP contribution in [0.1, 0.15) is 80.2 Å². The average Bonchev–Trinajstić information content (AvgIpc) is 3.48. The van der Waals surface area contributed by atoms with Crippen molar-refractivity contribution in [1.82, 2.24) is 10.3 Å². The number of carboxylic acids is 1. The lowest BCUT2D eigenvalue weighted by atomic mass is 9.87. The van der Waals surface area contributed by atoms with Crippen molar-refractivity contribution in [3.8, 4) is 16.2 Å². The number of amides is 1. The van der Waals surface area contributed by atoms with Crippen LogP contribution in [0.2, 0.25) is 0 Å². The largest absolute Gasteiger partial charge is 0.489 e. The van der Waals surface area contributed by atoms with Crippen molar-refractivity contribution in [2.45, 2.75) is 71.4 Å². The molecule has 46 heavy (non-hydrogen) atoms. The van der Waals surface area contributed by atoms with Crippen LogP contribution in [-0.2, 0) is 22.6 Å². The van der Waals surface area contributed by atoms with Crippen molar-refractivity contribution in [1.29, 1.82) is 0 Å². The molecule has 1 atom stereocenters. The number of carbonyl (C=O) groups is 2. The number of nitrogens with zero attached hydrogens (tertiary/aromatic N) is 1. The van der Waals surface area contributed by atoms with Crippen LogP contribution in [0.4, 0.5) is 0 Å². The van der Waals surface area contributed by atoms with Crippen LogP contribution in [0, 0.1) is 5.92 Å². The molecule has 1 aliphatic rings. The van der Waals surface area contributed by atoms with Gasteiger partial charge in [0.15, 0.2) is 0 Å². The second kappa shape index (κ2) is 16.2. The number of benzene rings is 3. The van der Waals surface area contributed by atoms with Crippen molar-refractivity contribution >= 4 is 29.3 Å². The highest BCUT2D eigenvalue weighted by atomic mass is 32.1. The van der Waals surface area contributed by atoms with Crippen molar-refractivity contribution in [3.63, 3.8) is 0 Å². The Bertz CT molecular complexity index is 1650. The van der Waals surface area contributed by atoms with Crippen molar-refractivity contribution < 1.29 is 19.4 Å². The fraction of sp³-hybridized carbons (Fsp3) is 0.308. The van der Waals surface area contributed by atoms with E-state index >= 15 is 0 Å². The number of ether oxygens (including phenoxy) is 1. The molecular weight excluding hydrogens is 593 g/mol. The van der Waals surface area contributed by atoms with Crippen molar-refractivity contribution in [2.24, 2.45) is 5.92 Å². The van der Waals surface area contributed by atoms with Crippen LogP contribution >= 0.6 is 11.3 Å². The maximum absolute atomic E-state index is 13.5. The Labute approximate surface area is 275 Å². The maximum Gasteiger partial charge on any atom is 0.331 e. The van der Waals surface area contributed by atoms with E-state index in [0.29, 0.717) is 25.4 Å². The van der Waals surface area contributed by atoms with E-state index in [-0.39, 0.29) is 17.5 Å². The molecule has 238 valence electrons. The Kier molecular flexibility index (Phi) is 11.6. The first kappa shape index (κ1) is 32.9. The van der Waals surface area contributed by atoms with Gasteiger partial charge in [-0.15, -0.1) is 11.3 Å². The van der Waals surface area contributed by atoms with Gasteiger partial charge in [0, 0.05) is 12.0 Å². The Morgan fingerprint density at radius 2 is 1.61 bits per heavy atom. The quantitative estimate of drug-likeness (QED) is 0.113. The van der Waals surface area contributed by atoms with Gasteiger partial charge >= 0.3 is 5.97 Å². The lowest BCUT2D eigenvalue weighted by molar-refractivity contribution is -0.132. The highest BCUT2D eigenvalue weighted by molar-refractivity contribution is 7.15. The summed E-state index contributed by atoms with van der Waals surface area (Å²) in [7, 11) is 0. The standard InChI is InChI=1S/C39H42N2O4S/c1-27(22-28(2)39(43)44)23-34-37(32-16-10-5-11-17-32)46-38(41-34)35(40-36(42)25-29-12-6-3-7-13-29)24-30-18-20-33(21-19-30)45-26-31-14-8-4-9-15-31/h4-5,8-11,14-23,29,35H,3,6-7,12-13,24-26H2,1-2H3,(H,40,42)(H,43,44)/t35-/m0/s1. The molecule has 3 aromatic carbocycles. The number of aromatic nitrogens is 1. The molecule has 4 aromatic rings. The lowest BCUT2D eigenvalue weighted by Crippen LogP contribution is -2.31. The Morgan fingerprint density at radius 3 is 2.28 bits per heavy atom. The minimum atomic E-state index is -0.952. The van der Waals surface area contributed by atoms with E-state index in [4.69, 9.17) is 9.72 Å². The number of hydrogen-bond donors (Lipinski definition) is 2. The van der Waals surface area contributed by atoms with E-state index in [1.807, 2.05) is 85.8 Å². The van der Waals surface area contributed by atoms with E-state index in [1.165, 1.54) is 19.3 Å². The Balaban J connectivity index is 1.43. The predicted octanol–water partition coefficient (Wildman–Crippen LogP) is 9.19. The zero-order valence-corrected chi connectivity index (χ0v) is 27.4. The molecule has 0 aliphatic heterocycles. The van der Waals surface area contributed by atoms with Gasteiger partial charge in [-0.2, -0.15) is 0 Å². The molecule has 2 N–H and O–H groups in total. The summed E-state index contributed by atoms with van der Waals surface area (Å²) in [6.45, 7) is 3.96. The van der Waals surface area contributed by atoms with Gasteiger partial charge in [0.2, 0.25) is 5.91 Å². The van der Waals surface area contributed by atoms with Gasteiger partial charge in [0.1, 0.15) is 17.4 Å². The third-order valence-corrected chi connectivity index (χ3v) is 9.53. The molecule has 1 amide bonds. The molecule has 0 bridgehead atoms. The summed E-state index contributed by atoms with van der Waals surface area (Å²) in [5.74, 6) is 0.326. The summed E-state index contributed by atoms with van der Waals surface area (Å²) in [4.78, 5) is 31.0. The molecule has 0 unspecified atom stereocenters. The Hall–Kier alpha value is -4.49. The molecule has 1 heterocycles. The minimum absolute atomic E-state index is 0.0597. The molecule has 0 spiro atoms. The fourth-order valence-electron chi connectivity index (χ4n) is 5.86. The SMILES string of the molecule is CC(=Cc1nc([C@H](Cc2ccc(OCc3ccccc3)cc2)NC(=O)CC2CCCCC2)sc1-c1ccccc1)C=C(C)C(=O)O. The molecule has 7 heteroatoms. The van der Waals surface area contributed by atoms with Gasteiger partial charge in [-0.1, -0.05) is 92.1 Å². The average molecular weight is 635 g/mol.